The molecule has 10 heavy (non-hydrogen) atoms. The predicted octanol–water partition coefficient (Wildman–Crippen LogP) is 0.178. The van der Waals surface area contributed by atoms with Gasteiger partial charge in [0.05, 0.1) is 12.5 Å². The summed E-state index contributed by atoms with van der Waals surface area (Å²) >= 11 is 0. The number of carbonyl (C=O) groups excluding carboxylic acids is 1. The Morgan fingerprint density at radius 2 is 2.50 bits per heavy atom. The molecule has 0 unspecified atom stereocenters. The molecular formula is C7H12O3. The summed E-state index contributed by atoms with van der Waals surface area (Å²) in [6, 6.07) is 0. The molecule has 1 rings (SSSR count). The lowest BCUT2D eigenvalue weighted by Crippen LogP contribution is -2.17. The first-order valence-corrected chi connectivity index (χ1v) is 3.57. The van der Waals surface area contributed by atoms with Crippen LogP contribution in [0.3, 0.4) is 0 Å². The predicted molar refractivity (Wildman–Crippen MR) is 35.3 cm³/mol. The summed E-state index contributed by atoms with van der Waals surface area (Å²) < 4.78 is 4.76. The Bertz CT molecular complexity index is 133. The van der Waals surface area contributed by atoms with Crippen molar-refractivity contribution in [2.75, 3.05) is 13.2 Å². The summed E-state index contributed by atoms with van der Waals surface area (Å²) in [5, 5.41) is 8.75. The van der Waals surface area contributed by atoms with Gasteiger partial charge in [0.2, 0.25) is 0 Å². The molecule has 1 fully saturated rings. The number of esters is 1. The molecule has 0 saturated carbocycles. The number of hydrogen-bond acceptors (Lipinski definition) is 3. The lowest BCUT2D eigenvalue weighted by Gasteiger charge is -2.07. The Labute approximate surface area is 60.0 Å². The molecule has 0 aromatic heterocycles. The highest BCUT2D eigenvalue weighted by molar-refractivity contribution is 5.74. The smallest absolute Gasteiger partial charge is 0.309 e. The summed E-state index contributed by atoms with van der Waals surface area (Å²) in [7, 11) is 0. The van der Waals surface area contributed by atoms with Crippen molar-refractivity contribution in [1.29, 1.82) is 0 Å². The van der Waals surface area contributed by atoms with Gasteiger partial charge in [0.1, 0.15) is 0 Å². The SMILES string of the molecule is CC[C@@H]1C(=O)OC[C@H]1CO. The maximum atomic E-state index is 10.8. The van der Waals surface area contributed by atoms with Crippen LogP contribution in [0.5, 0.6) is 0 Å². The van der Waals surface area contributed by atoms with E-state index in [1.165, 1.54) is 0 Å². The molecule has 3 heteroatoms. The summed E-state index contributed by atoms with van der Waals surface area (Å²) in [6.45, 7) is 2.39. The summed E-state index contributed by atoms with van der Waals surface area (Å²) in [6.07, 6.45) is 0.768. The zero-order valence-electron chi connectivity index (χ0n) is 6.04. The third-order valence-electron chi connectivity index (χ3n) is 1.99. The van der Waals surface area contributed by atoms with E-state index in [1.807, 2.05) is 6.92 Å². The maximum absolute atomic E-state index is 10.8. The van der Waals surface area contributed by atoms with Gasteiger partial charge >= 0.3 is 5.97 Å². The Kier molecular flexibility index (Phi) is 2.27. The molecule has 1 heterocycles. The highest BCUT2D eigenvalue weighted by atomic mass is 16.5. The minimum absolute atomic E-state index is 0.0394. The fraction of sp³-hybridized carbons (Fsp3) is 0.857. The van der Waals surface area contributed by atoms with Crippen LogP contribution in [0.15, 0.2) is 0 Å². The third-order valence-corrected chi connectivity index (χ3v) is 1.99. The lowest BCUT2D eigenvalue weighted by molar-refractivity contribution is -0.141. The van der Waals surface area contributed by atoms with Crippen LogP contribution in [0.2, 0.25) is 0 Å². The average molecular weight is 144 g/mol. The van der Waals surface area contributed by atoms with Crippen LogP contribution in [0.4, 0.5) is 0 Å². The van der Waals surface area contributed by atoms with Gasteiger partial charge in [-0.3, -0.25) is 4.79 Å². The molecule has 0 radical (unpaired) electrons. The molecular weight excluding hydrogens is 132 g/mol. The van der Waals surface area contributed by atoms with Crippen LogP contribution < -0.4 is 0 Å². The summed E-state index contributed by atoms with van der Waals surface area (Å²) in [5.41, 5.74) is 0. The van der Waals surface area contributed by atoms with Crippen molar-refractivity contribution in [3.8, 4) is 0 Å². The highest BCUT2D eigenvalue weighted by Gasteiger charge is 2.34. The number of cyclic esters (lactones) is 1. The molecule has 58 valence electrons. The van der Waals surface area contributed by atoms with Crippen molar-refractivity contribution in [1.82, 2.24) is 0 Å². The van der Waals surface area contributed by atoms with Crippen LogP contribution in [-0.4, -0.2) is 24.3 Å². The Hall–Kier alpha value is -0.570. The maximum Gasteiger partial charge on any atom is 0.309 e. The van der Waals surface area contributed by atoms with Gasteiger partial charge in [-0.1, -0.05) is 6.92 Å². The van der Waals surface area contributed by atoms with Gasteiger partial charge in [-0.25, -0.2) is 0 Å². The van der Waals surface area contributed by atoms with E-state index in [0.29, 0.717) is 6.61 Å². The third kappa shape index (κ3) is 1.14. The molecule has 0 bridgehead atoms. The van der Waals surface area contributed by atoms with Gasteiger partial charge in [0.25, 0.3) is 0 Å². The number of aliphatic hydroxyl groups excluding tert-OH is 1. The minimum Gasteiger partial charge on any atom is -0.465 e. The molecule has 3 nitrogen and oxygen atoms in total. The number of ether oxygens (including phenoxy) is 1. The van der Waals surface area contributed by atoms with E-state index < -0.39 is 0 Å². The van der Waals surface area contributed by atoms with Gasteiger partial charge in [-0.2, -0.15) is 0 Å². The largest absolute Gasteiger partial charge is 0.465 e. The van der Waals surface area contributed by atoms with Crippen LogP contribution in [0.25, 0.3) is 0 Å². The van der Waals surface area contributed by atoms with E-state index in [1.54, 1.807) is 0 Å². The molecule has 2 atom stereocenters. The van der Waals surface area contributed by atoms with Crippen LogP contribution in [-0.2, 0) is 9.53 Å². The Balaban J connectivity index is 2.54. The van der Waals surface area contributed by atoms with Crippen molar-refractivity contribution in [2.24, 2.45) is 11.8 Å². The van der Waals surface area contributed by atoms with E-state index in [2.05, 4.69) is 0 Å². The van der Waals surface area contributed by atoms with Gasteiger partial charge < -0.3 is 9.84 Å². The topological polar surface area (TPSA) is 46.5 Å². The first-order chi connectivity index (χ1) is 4.79. The first kappa shape index (κ1) is 7.54. The summed E-state index contributed by atoms with van der Waals surface area (Å²) in [5.74, 6) is -0.177. The first-order valence-electron chi connectivity index (χ1n) is 3.57. The molecule has 0 spiro atoms. The molecule has 0 amide bonds. The van der Waals surface area contributed by atoms with E-state index in [4.69, 9.17) is 9.84 Å². The molecule has 1 saturated heterocycles. The number of carbonyl (C=O) groups is 1. The van der Waals surface area contributed by atoms with Gasteiger partial charge in [0, 0.05) is 12.5 Å². The quantitative estimate of drug-likeness (QED) is 0.562. The van der Waals surface area contributed by atoms with Crippen molar-refractivity contribution in [3.05, 3.63) is 0 Å². The van der Waals surface area contributed by atoms with Gasteiger partial charge in [-0.05, 0) is 6.42 Å². The summed E-state index contributed by atoms with van der Waals surface area (Å²) in [4.78, 5) is 10.8. The second-order valence-electron chi connectivity index (χ2n) is 2.59. The fourth-order valence-corrected chi connectivity index (χ4v) is 1.28. The second-order valence-corrected chi connectivity index (χ2v) is 2.59. The fourth-order valence-electron chi connectivity index (χ4n) is 1.28. The van der Waals surface area contributed by atoms with E-state index in [0.717, 1.165) is 6.42 Å². The van der Waals surface area contributed by atoms with E-state index in [9.17, 15) is 4.79 Å². The number of aliphatic hydroxyl groups is 1. The van der Waals surface area contributed by atoms with E-state index in [-0.39, 0.29) is 24.4 Å². The van der Waals surface area contributed by atoms with Crippen molar-refractivity contribution in [3.63, 3.8) is 0 Å². The lowest BCUT2D eigenvalue weighted by atomic mass is 9.94. The van der Waals surface area contributed by atoms with Crippen molar-refractivity contribution in [2.45, 2.75) is 13.3 Å². The van der Waals surface area contributed by atoms with E-state index >= 15 is 0 Å². The molecule has 1 aliphatic heterocycles. The molecule has 1 N–H and O–H groups in total. The van der Waals surface area contributed by atoms with Gasteiger partial charge in [-0.15, -0.1) is 0 Å². The second kappa shape index (κ2) is 3.01. The van der Waals surface area contributed by atoms with Crippen molar-refractivity contribution >= 4 is 5.97 Å². The highest BCUT2D eigenvalue weighted by Crippen LogP contribution is 2.23. The van der Waals surface area contributed by atoms with Crippen LogP contribution in [0.1, 0.15) is 13.3 Å². The Morgan fingerprint density at radius 1 is 1.80 bits per heavy atom. The minimum atomic E-state index is -0.151. The number of rotatable bonds is 2. The standard InChI is InChI=1S/C7H12O3/c1-2-6-5(3-8)4-10-7(6)9/h5-6,8H,2-4H2,1H3/t5-,6+/m1/s1. The zero-order valence-corrected chi connectivity index (χ0v) is 6.04. The molecule has 0 aliphatic carbocycles. The van der Waals surface area contributed by atoms with Gasteiger partial charge in [0.15, 0.2) is 0 Å². The average Bonchev–Trinajstić information content (AvgIpc) is 2.30. The molecule has 1 aliphatic rings. The number of hydrogen-bond donors (Lipinski definition) is 1. The monoisotopic (exact) mass is 144 g/mol. The zero-order chi connectivity index (χ0) is 7.56. The van der Waals surface area contributed by atoms with Crippen molar-refractivity contribution < 1.29 is 14.6 Å². The molecule has 0 aromatic carbocycles. The van der Waals surface area contributed by atoms with Crippen LogP contribution >= 0.6 is 0 Å². The normalized spacial score (nSPS) is 32.4. The molecule has 0 aromatic rings. The Morgan fingerprint density at radius 3 is 2.90 bits per heavy atom. The van der Waals surface area contributed by atoms with Crippen LogP contribution in [0, 0.1) is 11.8 Å².